The van der Waals surface area contributed by atoms with Gasteiger partial charge >= 0.3 is 18.5 Å². The van der Waals surface area contributed by atoms with Crippen molar-refractivity contribution in [2.75, 3.05) is 11.5 Å². The number of hydrogen-bond donors (Lipinski definition) is 1. The minimum absolute atomic E-state index is 0.0164. The number of halogens is 12. The molecule has 0 heterocycles. The molecule has 1 unspecified atom stereocenters. The molecular formula is C23H17BrCl2F9NOS. The van der Waals surface area contributed by atoms with Gasteiger partial charge in [-0.2, -0.15) is 51.3 Å². The van der Waals surface area contributed by atoms with Crippen LogP contribution < -0.4 is 5.32 Å². The summed E-state index contributed by atoms with van der Waals surface area (Å²) < 4.78 is 119. The number of alkyl halides is 9. The highest BCUT2D eigenvalue weighted by molar-refractivity contribution is 9.10. The lowest BCUT2D eigenvalue weighted by molar-refractivity contribution is -0.139. The molecule has 0 aliphatic heterocycles. The van der Waals surface area contributed by atoms with Crippen LogP contribution in [0.5, 0.6) is 0 Å². The van der Waals surface area contributed by atoms with Crippen molar-refractivity contribution in [3.05, 3.63) is 73.2 Å². The smallest absolute Gasteiger partial charge is 0.349 e. The number of carbonyl (C=O) groups is 1. The Hall–Kier alpha value is -1.57. The molecule has 210 valence electrons. The van der Waals surface area contributed by atoms with Gasteiger partial charge in [-0.05, 0) is 58.2 Å². The zero-order valence-electron chi connectivity index (χ0n) is 19.0. The van der Waals surface area contributed by atoms with Gasteiger partial charge in [-0.25, -0.2) is 0 Å². The van der Waals surface area contributed by atoms with E-state index in [1.165, 1.54) is 6.92 Å². The summed E-state index contributed by atoms with van der Waals surface area (Å²) in [6.07, 6.45) is -12.9. The van der Waals surface area contributed by atoms with Gasteiger partial charge < -0.3 is 5.32 Å². The molecule has 15 heteroatoms. The second-order valence-electron chi connectivity index (χ2n) is 7.98. The highest BCUT2D eigenvalue weighted by Gasteiger charge is 2.40. The van der Waals surface area contributed by atoms with E-state index in [1.54, 1.807) is 0 Å². The Bertz CT molecular complexity index is 1160. The third kappa shape index (κ3) is 9.56. The fraction of sp³-hybridized carbons (Fsp3) is 0.348. The first-order valence-corrected chi connectivity index (χ1v) is 13.1. The molecule has 0 saturated heterocycles. The number of hydrogen-bond acceptors (Lipinski definition) is 2. The van der Waals surface area contributed by atoms with Gasteiger partial charge in [0.05, 0.1) is 32.8 Å². The molecule has 0 radical (unpaired) electrons. The number of carbonyl (C=O) groups excluding carboxylic acids is 1. The van der Waals surface area contributed by atoms with Gasteiger partial charge in [0.1, 0.15) is 0 Å². The predicted octanol–water partition coefficient (Wildman–Crippen LogP) is 9.55. The molecule has 38 heavy (non-hydrogen) atoms. The van der Waals surface area contributed by atoms with Gasteiger partial charge in [0.2, 0.25) is 0 Å². The maximum Gasteiger partial charge on any atom is 0.417 e. The number of nitrogens with one attached hydrogen (secondary N) is 1. The van der Waals surface area contributed by atoms with Crippen LogP contribution in [0.15, 0.2) is 40.9 Å². The summed E-state index contributed by atoms with van der Waals surface area (Å²) in [5.41, 5.74) is -2.85. The van der Waals surface area contributed by atoms with Crippen molar-refractivity contribution in [1.29, 1.82) is 0 Å². The van der Waals surface area contributed by atoms with E-state index >= 15 is 0 Å². The summed E-state index contributed by atoms with van der Waals surface area (Å²) in [5, 5.41) is 2.02. The predicted molar refractivity (Wildman–Crippen MR) is 134 cm³/mol. The van der Waals surface area contributed by atoms with Crippen molar-refractivity contribution in [3.63, 3.8) is 0 Å². The average Bonchev–Trinajstić information content (AvgIpc) is 2.74. The van der Waals surface area contributed by atoms with Crippen LogP contribution in [0.4, 0.5) is 39.5 Å². The fourth-order valence-corrected chi connectivity index (χ4v) is 4.88. The van der Waals surface area contributed by atoms with Crippen LogP contribution in [0, 0.1) is 0 Å². The van der Waals surface area contributed by atoms with E-state index < -0.39 is 53.3 Å². The maximum atomic E-state index is 13.7. The van der Waals surface area contributed by atoms with E-state index in [9.17, 15) is 44.3 Å². The maximum absolute atomic E-state index is 13.7. The van der Waals surface area contributed by atoms with E-state index in [4.69, 9.17) is 23.2 Å². The molecule has 2 rings (SSSR count). The van der Waals surface area contributed by atoms with E-state index in [2.05, 4.69) is 21.2 Å². The van der Waals surface area contributed by atoms with Crippen LogP contribution in [-0.4, -0.2) is 35.8 Å². The third-order valence-corrected chi connectivity index (χ3v) is 7.73. The minimum Gasteiger partial charge on any atom is -0.349 e. The van der Waals surface area contributed by atoms with Crippen molar-refractivity contribution in [2.24, 2.45) is 0 Å². The molecule has 0 spiro atoms. The largest absolute Gasteiger partial charge is 0.417 e. The molecule has 0 aromatic heterocycles. The summed E-state index contributed by atoms with van der Waals surface area (Å²) in [6.45, 7) is 1.32. The molecule has 2 nitrogen and oxygen atoms in total. The van der Waals surface area contributed by atoms with Gasteiger partial charge in [0, 0.05) is 16.3 Å². The Labute approximate surface area is 234 Å². The number of allylic oxidation sites excluding steroid dienone is 1. The van der Waals surface area contributed by atoms with Crippen LogP contribution in [-0.2, 0) is 6.18 Å². The molecule has 1 amide bonds. The van der Waals surface area contributed by atoms with Gasteiger partial charge in [0.15, 0.2) is 0 Å². The first kappa shape index (κ1) is 32.6. The topological polar surface area (TPSA) is 29.1 Å². The molecule has 0 aliphatic rings. The zero-order valence-corrected chi connectivity index (χ0v) is 22.9. The standard InChI is InChI=1S/C23H17BrCl2F9NOS/c1-11(9-38-10-21(27,28)29)36-20(37)14-4-2-12(6-16(14)23(33,34)35)3-5-15(22(30,31)32)13-7-17(24)19(26)18(25)8-13/h2-8,11,15H,9-10H2,1H3,(H,36,37)/b5-3+/t11-,15?/m1/s1. The van der Waals surface area contributed by atoms with Gasteiger partial charge in [0.25, 0.3) is 5.91 Å². The summed E-state index contributed by atoms with van der Waals surface area (Å²) in [7, 11) is 0. The van der Waals surface area contributed by atoms with E-state index in [-0.39, 0.29) is 31.4 Å². The van der Waals surface area contributed by atoms with Gasteiger partial charge in [-0.1, -0.05) is 41.4 Å². The summed E-state index contributed by atoms with van der Waals surface area (Å²) in [6, 6.07) is 3.48. The Morgan fingerprint density at radius 3 is 2.21 bits per heavy atom. The number of rotatable bonds is 8. The first-order chi connectivity index (χ1) is 17.3. The number of amides is 1. The molecule has 0 saturated carbocycles. The molecule has 2 atom stereocenters. The summed E-state index contributed by atoms with van der Waals surface area (Å²) in [4.78, 5) is 12.4. The van der Waals surface area contributed by atoms with Crippen LogP contribution in [0.25, 0.3) is 6.08 Å². The van der Waals surface area contributed by atoms with Crippen LogP contribution >= 0.6 is 50.9 Å². The first-order valence-electron chi connectivity index (χ1n) is 10.4. The van der Waals surface area contributed by atoms with E-state index in [0.717, 1.165) is 30.3 Å². The Morgan fingerprint density at radius 2 is 1.68 bits per heavy atom. The second kappa shape index (κ2) is 12.7. The Morgan fingerprint density at radius 1 is 1.05 bits per heavy atom. The van der Waals surface area contributed by atoms with Gasteiger partial charge in [-0.3, -0.25) is 4.79 Å². The zero-order chi connectivity index (χ0) is 29.1. The number of benzene rings is 2. The molecule has 1 N–H and O–H groups in total. The third-order valence-electron chi connectivity index (χ3n) is 4.80. The van der Waals surface area contributed by atoms with Crippen LogP contribution in [0.2, 0.25) is 10.0 Å². The molecular weight excluding hydrogens is 660 g/mol. The van der Waals surface area contributed by atoms with Crippen LogP contribution in [0.1, 0.15) is 39.9 Å². The quantitative estimate of drug-likeness (QED) is 0.223. The van der Waals surface area contributed by atoms with Crippen LogP contribution in [0.3, 0.4) is 0 Å². The second-order valence-corrected chi connectivity index (χ2v) is 10.7. The normalized spacial score (nSPS) is 14.6. The molecule has 0 fully saturated rings. The fourth-order valence-electron chi connectivity index (χ4n) is 3.16. The van der Waals surface area contributed by atoms with Crippen molar-refractivity contribution < 1.29 is 44.3 Å². The highest BCUT2D eigenvalue weighted by Crippen LogP contribution is 2.41. The van der Waals surface area contributed by atoms with Crippen molar-refractivity contribution >= 4 is 62.9 Å². The SMILES string of the molecule is C[C@H](CSCC(F)(F)F)NC(=O)c1ccc(/C=C/C(c2cc(Cl)c(Cl)c(Br)c2)C(F)(F)F)cc1C(F)(F)F. The minimum atomic E-state index is -5.05. The van der Waals surface area contributed by atoms with Crippen molar-refractivity contribution in [3.8, 4) is 0 Å². The monoisotopic (exact) mass is 675 g/mol. The lowest BCUT2D eigenvalue weighted by Crippen LogP contribution is -2.35. The average molecular weight is 677 g/mol. The van der Waals surface area contributed by atoms with Crippen molar-refractivity contribution in [2.45, 2.75) is 37.4 Å². The molecule has 0 aliphatic carbocycles. The van der Waals surface area contributed by atoms with E-state index in [1.807, 2.05) is 0 Å². The Kier molecular flexibility index (Phi) is 10.9. The summed E-state index contributed by atoms with van der Waals surface area (Å²) >= 11 is 15.2. The van der Waals surface area contributed by atoms with E-state index in [0.29, 0.717) is 23.9 Å². The molecule has 0 bridgehead atoms. The number of thioether (sulfide) groups is 1. The molecule has 2 aromatic carbocycles. The summed E-state index contributed by atoms with van der Waals surface area (Å²) in [5.74, 6) is -4.85. The van der Waals surface area contributed by atoms with Crippen molar-refractivity contribution in [1.82, 2.24) is 5.32 Å². The highest BCUT2D eigenvalue weighted by atomic mass is 79.9. The van der Waals surface area contributed by atoms with Gasteiger partial charge in [-0.15, -0.1) is 0 Å². The Balaban J connectivity index is 2.34. The lowest BCUT2D eigenvalue weighted by Gasteiger charge is -2.19. The molecule has 2 aromatic rings. The lowest BCUT2D eigenvalue weighted by atomic mass is 9.96.